The van der Waals surface area contributed by atoms with E-state index in [2.05, 4.69) is 15.4 Å². The summed E-state index contributed by atoms with van der Waals surface area (Å²) in [6.07, 6.45) is 5.11. The van der Waals surface area contributed by atoms with Crippen LogP contribution in [0.4, 0.5) is 5.69 Å². The van der Waals surface area contributed by atoms with Gasteiger partial charge in [0.25, 0.3) is 0 Å². The highest BCUT2D eigenvalue weighted by Gasteiger charge is 2.09. The maximum Gasteiger partial charge on any atom is 0.223 e. The van der Waals surface area contributed by atoms with Gasteiger partial charge in [-0.25, -0.2) is 10.5 Å². The van der Waals surface area contributed by atoms with E-state index in [4.69, 9.17) is 4.84 Å². The van der Waals surface area contributed by atoms with Crippen LogP contribution in [0.3, 0.4) is 0 Å². The summed E-state index contributed by atoms with van der Waals surface area (Å²) in [6, 6.07) is 9.89. The molecule has 22 heavy (non-hydrogen) atoms. The van der Waals surface area contributed by atoms with E-state index < -0.39 is 0 Å². The minimum atomic E-state index is 0.693. The number of benzene rings is 1. The van der Waals surface area contributed by atoms with Crippen molar-refractivity contribution < 1.29 is 4.84 Å². The summed E-state index contributed by atoms with van der Waals surface area (Å²) in [5, 5.41) is 0. The predicted octanol–water partition coefficient (Wildman–Crippen LogP) is 2.63. The van der Waals surface area contributed by atoms with Gasteiger partial charge in [0.15, 0.2) is 0 Å². The lowest BCUT2D eigenvalue weighted by molar-refractivity contribution is 0.0679. The van der Waals surface area contributed by atoms with Crippen molar-refractivity contribution in [3.05, 3.63) is 30.3 Å². The molecule has 1 aromatic rings. The zero-order valence-corrected chi connectivity index (χ0v) is 13.8. The standard InChI is InChI=1S/C17H28N4O/c1-20(2)17(18-16-10-5-3-6-11-16)19-22-15-9-14-21-12-7-4-8-13-21/h3,5-6,10-11H,4,7-9,12-15H2,1-2H3,(H,18,19). The second-order valence-electron chi connectivity index (χ2n) is 5.87. The van der Waals surface area contributed by atoms with Gasteiger partial charge in [-0.15, -0.1) is 0 Å². The first kappa shape index (κ1) is 16.8. The van der Waals surface area contributed by atoms with Gasteiger partial charge in [-0.2, -0.15) is 0 Å². The first-order valence-electron chi connectivity index (χ1n) is 8.17. The molecule has 0 unspecified atom stereocenters. The number of hydroxylamine groups is 1. The fourth-order valence-electron chi connectivity index (χ4n) is 2.50. The molecule has 1 aliphatic rings. The van der Waals surface area contributed by atoms with Gasteiger partial charge in [-0.3, -0.25) is 4.84 Å². The van der Waals surface area contributed by atoms with Crippen LogP contribution in [0.5, 0.6) is 0 Å². The number of piperidine rings is 1. The molecule has 1 N–H and O–H groups in total. The van der Waals surface area contributed by atoms with Crippen molar-refractivity contribution in [3.8, 4) is 0 Å². The molecular weight excluding hydrogens is 276 g/mol. The second kappa shape index (κ2) is 9.43. The van der Waals surface area contributed by atoms with Crippen molar-refractivity contribution in [2.75, 3.05) is 40.3 Å². The number of aliphatic imine (C=N–C) groups is 1. The Labute approximate surface area is 133 Å². The molecule has 0 atom stereocenters. The van der Waals surface area contributed by atoms with Crippen LogP contribution in [0.15, 0.2) is 35.3 Å². The van der Waals surface area contributed by atoms with E-state index in [0.29, 0.717) is 12.6 Å². The molecule has 0 radical (unpaired) electrons. The molecule has 1 heterocycles. The van der Waals surface area contributed by atoms with Crippen LogP contribution in [0.25, 0.3) is 0 Å². The summed E-state index contributed by atoms with van der Waals surface area (Å²) in [5.74, 6) is 0.712. The van der Waals surface area contributed by atoms with Crippen LogP contribution >= 0.6 is 0 Å². The Morgan fingerprint density at radius 1 is 1.18 bits per heavy atom. The van der Waals surface area contributed by atoms with Crippen LogP contribution in [0.1, 0.15) is 25.7 Å². The highest BCUT2D eigenvalue weighted by atomic mass is 16.6. The molecule has 0 aliphatic carbocycles. The highest BCUT2D eigenvalue weighted by Crippen LogP contribution is 2.10. The first-order chi connectivity index (χ1) is 10.8. The van der Waals surface area contributed by atoms with Gasteiger partial charge in [0.2, 0.25) is 5.96 Å². The zero-order valence-electron chi connectivity index (χ0n) is 13.8. The Morgan fingerprint density at radius 3 is 2.59 bits per heavy atom. The first-order valence-corrected chi connectivity index (χ1v) is 8.17. The van der Waals surface area contributed by atoms with Gasteiger partial charge >= 0.3 is 0 Å². The summed E-state index contributed by atoms with van der Waals surface area (Å²) in [4.78, 5) is 14.6. The summed E-state index contributed by atoms with van der Waals surface area (Å²) >= 11 is 0. The third-order valence-corrected chi connectivity index (χ3v) is 3.75. The summed E-state index contributed by atoms with van der Waals surface area (Å²) < 4.78 is 0. The maximum absolute atomic E-state index is 5.57. The number of rotatable bonds is 6. The van der Waals surface area contributed by atoms with E-state index in [1.54, 1.807) is 0 Å². The molecule has 0 spiro atoms. The molecular formula is C17H28N4O. The van der Waals surface area contributed by atoms with E-state index in [0.717, 1.165) is 18.7 Å². The van der Waals surface area contributed by atoms with Crippen LogP contribution in [-0.4, -0.2) is 56.1 Å². The van der Waals surface area contributed by atoms with Crippen molar-refractivity contribution in [1.82, 2.24) is 15.3 Å². The third kappa shape index (κ3) is 6.03. The molecule has 5 nitrogen and oxygen atoms in total. The fourth-order valence-corrected chi connectivity index (χ4v) is 2.50. The Kier molecular flexibility index (Phi) is 7.19. The van der Waals surface area contributed by atoms with Crippen molar-refractivity contribution in [3.63, 3.8) is 0 Å². The molecule has 0 amide bonds. The molecule has 5 heteroatoms. The predicted molar refractivity (Wildman–Crippen MR) is 91.2 cm³/mol. The molecule has 1 aliphatic heterocycles. The van der Waals surface area contributed by atoms with Crippen LogP contribution in [-0.2, 0) is 4.84 Å². The smallest absolute Gasteiger partial charge is 0.223 e. The zero-order chi connectivity index (χ0) is 15.6. The average Bonchev–Trinajstić information content (AvgIpc) is 2.55. The maximum atomic E-state index is 5.57. The lowest BCUT2D eigenvalue weighted by atomic mass is 10.1. The van der Waals surface area contributed by atoms with Gasteiger partial charge in [0, 0.05) is 20.6 Å². The van der Waals surface area contributed by atoms with Crippen molar-refractivity contribution >= 4 is 11.6 Å². The van der Waals surface area contributed by atoms with Gasteiger partial charge in [-0.1, -0.05) is 24.6 Å². The molecule has 2 rings (SSSR count). The monoisotopic (exact) mass is 304 g/mol. The SMILES string of the molecule is CN(C)C(=Nc1ccccc1)NOCCCN1CCCCC1. The van der Waals surface area contributed by atoms with Gasteiger partial charge in [-0.05, 0) is 44.5 Å². The summed E-state index contributed by atoms with van der Waals surface area (Å²) in [5.41, 5.74) is 3.88. The number of guanidine groups is 1. The van der Waals surface area contributed by atoms with E-state index in [1.807, 2.05) is 49.3 Å². The molecule has 122 valence electrons. The van der Waals surface area contributed by atoms with E-state index in [9.17, 15) is 0 Å². The molecule has 1 saturated heterocycles. The number of hydrogen-bond donors (Lipinski definition) is 1. The Balaban J connectivity index is 1.69. The van der Waals surface area contributed by atoms with Gasteiger partial charge in [0.1, 0.15) is 0 Å². The Hall–Kier alpha value is -1.59. The molecule has 1 fully saturated rings. The number of likely N-dealkylation sites (tertiary alicyclic amines) is 1. The summed E-state index contributed by atoms with van der Waals surface area (Å²) in [7, 11) is 3.90. The number of hydrogen-bond acceptors (Lipinski definition) is 3. The minimum Gasteiger partial charge on any atom is -0.347 e. The van der Waals surface area contributed by atoms with E-state index in [-0.39, 0.29) is 0 Å². The lowest BCUT2D eigenvalue weighted by Crippen LogP contribution is -2.37. The highest BCUT2D eigenvalue weighted by molar-refractivity contribution is 5.81. The largest absolute Gasteiger partial charge is 0.347 e. The second-order valence-corrected chi connectivity index (χ2v) is 5.87. The van der Waals surface area contributed by atoms with E-state index >= 15 is 0 Å². The average molecular weight is 304 g/mol. The molecule has 1 aromatic carbocycles. The minimum absolute atomic E-state index is 0.693. The topological polar surface area (TPSA) is 40.1 Å². The van der Waals surface area contributed by atoms with Crippen molar-refractivity contribution in [2.24, 2.45) is 4.99 Å². The molecule has 0 saturated carbocycles. The van der Waals surface area contributed by atoms with Crippen LogP contribution < -0.4 is 5.48 Å². The normalized spacial score (nSPS) is 16.5. The number of para-hydroxylation sites is 1. The Bertz CT molecular complexity index is 441. The van der Waals surface area contributed by atoms with Gasteiger partial charge < -0.3 is 9.80 Å². The fraction of sp³-hybridized carbons (Fsp3) is 0.588. The quantitative estimate of drug-likeness (QED) is 0.380. The van der Waals surface area contributed by atoms with Crippen molar-refractivity contribution in [1.29, 1.82) is 0 Å². The lowest BCUT2D eigenvalue weighted by Gasteiger charge is -2.26. The number of nitrogens with one attached hydrogen (secondary N) is 1. The Morgan fingerprint density at radius 2 is 1.91 bits per heavy atom. The van der Waals surface area contributed by atoms with Crippen molar-refractivity contribution in [2.45, 2.75) is 25.7 Å². The molecule has 0 bridgehead atoms. The number of nitrogens with zero attached hydrogens (tertiary/aromatic N) is 3. The van der Waals surface area contributed by atoms with E-state index in [1.165, 1.54) is 32.4 Å². The molecule has 0 aromatic heterocycles. The van der Waals surface area contributed by atoms with Crippen LogP contribution in [0.2, 0.25) is 0 Å². The van der Waals surface area contributed by atoms with Gasteiger partial charge in [0.05, 0.1) is 12.3 Å². The third-order valence-electron chi connectivity index (χ3n) is 3.75. The summed E-state index contributed by atoms with van der Waals surface area (Å²) in [6.45, 7) is 4.30. The van der Waals surface area contributed by atoms with Crippen LogP contribution in [0, 0.1) is 0 Å².